The third-order valence-electron chi connectivity index (χ3n) is 6.06. The van der Waals surface area contributed by atoms with Gasteiger partial charge in [0, 0.05) is 23.4 Å². The lowest BCUT2D eigenvalue weighted by Gasteiger charge is -2.33. The summed E-state index contributed by atoms with van der Waals surface area (Å²) in [5.41, 5.74) is 3.46. The average molecular weight is 456 g/mol. The molecule has 1 spiro atoms. The highest BCUT2D eigenvalue weighted by molar-refractivity contribution is 8.01. The van der Waals surface area contributed by atoms with Gasteiger partial charge in [-0.25, -0.2) is 0 Å². The maximum atomic E-state index is 14.1. The van der Waals surface area contributed by atoms with E-state index < -0.39 is 4.87 Å². The van der Waals surface area contributed by atoms with E-state index in [-0.39, 0.29) is 11.8 Å². The van der Waals surface area contributed by atoms with Crippen LogP contribution in [0.2, 0.25) is 0 Å². The molecular formula is C26H21N3O3S. The van der Waals surface area contributed by atoms with Gasteiger partial charge in [-0.15, -0.1) is 11.8 Å². The summed E-state index contributed by atoms with van der Waals surface area (Å²) in [6.45, 7) is 0.780. The van der Waals surface area contributed by atoms with Crippen molar-refractivity contribution < 1.29 is 14.3 Å². The highest BCUT2D eigenvalue weighted by Crippen LogP contribution is 2.55. The second-order valence-electron chi connectivity index (χ2n) is 7.90. The summed E-state index contributed by atoms with van der Waals surface area (Å²) in [6, 6.07) is 24.0. The standard InChI is InChI=1S/C26H21N3O3S/c1-32-21-10-11-23-22(15-21)26(25(31)28(23)17-19-7-5-6-18(14-19)16-27)29(12-13-33-26)24(30)20-8-3-2-4-9-20/h2-11,14-15H,12-13,17H2,1H3. The summed E-state index contributed by atoms with van der Waals surface area (Å²) in [7, 11) is 1.59. The van der Waals surface area contributed by atoms with Crippen LogP contribution in [0.5, 0.6) is 5.75 Å². The molecular weight excluding hydrogens is 434 g/mol. The minimum absolute atomic E-state index is 0.153. The molecule has 6 nitrogen and oxygen atoms in total. The number of anilines is 1. The number of hydrogen-bond donors (Lipinski definition) is 0. The molecule has 5 rings (SSSR count). The van der Waals surface area contributed by atoms with Gasteiger partial charge in [-0.3, -0.25) is 9.59 Å². The van der Waals surface area contributed by atoms with Gasteiger partial charge in [0.1, 0.15) is 5.75 Å². The fraction of sp³-hybridized carbons (Fsp3) is 0.192. The molecule has 3 aromatic carbocycles. The number of hydrogen-bond acceptors (Lipinski definition) is 5. The van der Waals surface area contributed by atoms with Gasteiger partial charge in [0.25, 0.3) is 11.8 Å². The van der Waals surface area contributed by atoms with Gasteiger partial charge in [-0.05, 0) is 48.0 Å². The van der Waals surface area contributed by atoms with Crippen LogP contribution >= 0.6 is 11.8 Å². The van der Waals surface area contributed by atoms with Gasteiger partial charge in [0.05, 0.1) is 31.0 Å². The SMILES string of the molecule is COc1ccc2c(c1)C1(SCCN1C(=O)c1ccccc1)C(=O)N2Cc1cccc(C#N)c1. The summed E-state index contributed by atoms with van der Waals surface area (Å²) in [6.07, 6.45) is 0. The van der Waals surface area contributed by atoms with E-state index in [0.29, 0.717) is 35.7 Å². The molecule has 1 unspecified atom stereocenters. The van der Waals surface area contributed by atoms with Crippen LogP contribution in [-0.2, 0) is 16.2 Å². The predicted octanol–water partition coefficient (Wildman–Crippen LogP) is 4.16. The van der Waals surface area contributed by atoms with E-state index in [4.69, 9.17) is 4.74 Å². The smallest absolute Gasteiger partial charge is 0.268 e. The Morgan fingerprint density at radius 2 is 1.94 bits per heavy atom. The summed E-state index contributed by atoms with van der Waals surface area (Å²) in [5.74, 6) is 0.962. The third-order valence-corrected chi connectivity index (χ3v) is 7.48. The Bertz CT molecular complexity index is 1290. The molecule has 2 amide bonds. The molecule has 7 heteroatoms. The number of carbonyl (C=O) groups is 2. The Morgan fingerprint density at radius 1 is 1.12 bits per heavy atom. The minimum atomic E-state index is -1.15. The Labute approximate surface area is 196 Å². The lowest BCUT2D eigenvalue weighted by atomic mass is 10.0. The Kier molecular flexibility index (Phi) is 5.31. The molecule has 2 aliphatic rings. The van der Waals surface area contributed by atoms with Crippen molar-refractivity contribution in [3.05, 3.63) is 95.1 Å². The molecule has 33 heavy (non-hydrogen) atoms. The molecule has 0 radical (unpaired) electrons. The zero-order valence-corrected chi connectivity index (χ0v) is 18.8. The number of benzene rings is 3. The van der Waals surface area contributed by atoms with Crippen LogP contribution in [0.25, 0.3) is 0 Å². The molecule has 1 fully saturated rings. The highest BCUT2D eigenvalue weighted by Gasteiger charge is 2.59. The molecule has 0 N–H and O–H groups in total. The van der Waals surface area contributed by atoms with E-state index in [1.54, 1.807) is 41.2 Å². The number of nitriles is 1. The van der Waals surface area contributed by atoms with Gasteiger partial charge in [-0.2, -0.15) is 5.26 Å². The van der Waals surface area contributed by atoms with Gasteiger partial charge in [-0.1, -0.05) is 30.3 Å². The van der Waals surface area contributed by atoms with Gasteiger partial charge in [0.2, 0.25) is 0 Å². The van der Waals surface area contributed by atoms with Crippen LogP contribution in [-0.4, -0.2) is 36.1 Å². The number of rotatable bonds is 4. The van der Waals surface area contributed by atoms with Crippen molar-refractivity contribution in [2.24, 2.45) is 0 Å². The molecule has 0 aliphatic carbocycles. The lowest BCUT2D eigenvalue weighted by molar-refractivity contribution is -0.123. The van der Waals surface area contributed by atoms with E-state index in [0.717, 1.165) is 16.8 Å². The normalized spacial score (nSPS) is 19.0. The Morgan fingerprint density at radius 3 is 2.70 bits per heavy atom. The molecule has 3 aromatic rings. The van der Waals surface area contributed by atoms with Gasteiger partial charge in [0.15, 0.2) is 4.87 Å². The summed E-state index contributed by atoms with van der Waals surface area (Å²) < 4.78 is 5.46. The topological polar surface area (TPSA) is 73.6 Å². The number of ether oxygens (including phenoxy) is 1. The number of amides is 2. The molecule has 164 valence electrons. The van der Waals surface area contributed by atoms with E-state index in [9.17, 15) is 14.9 Å². The van der Waals surface area contributed by atoms with Crippen molar-refractivity contribution >= 4 is 29.3 Å². The molecule has 0 saturated carbocycles. The lowest BCUT2D eigenvalue weighted by Crippen LogP contribution is -2.50. The van der Waals surface area contributed by atoms with E-state index in [1.165, 1.54) is 11.8 Å². The highest BCUT2D eigenvalue weighted by atomic mass is 32.2. The second-order valence-corrected chi connectivity index (χ2v) is 9.19. The maximum absolute atomic E-state index is 14.1. The van der Waals surface area contributed by atoms with Crippen LogP contribution in [0.4, 0.5) is 5.69 Å². The number of methoxy groups -OCH3 is 1. The van der Waals surface area contributed by atoms with Gasteiger partial charge >= 0.3 is 0 Å². The van der Waals surface area contributed by atoms with E-state index in [1.807, 2.05) is 48.5 Å². The first-order valence-electron chi connectivity index (χ1n) is 10.6. The Balaban J connectivity index is 1.61. The first-order valence-corrected chi connectivity index (χ1v) is 11.6. The van der Waals surface area contributed by atoms with Crippen LogP contribution < -0.4 is 9.64 Å². The Hall–Kier alpha value is -3.76. The van der Waals surface area contributed by atoms with Crippen LogP contribution in [0.1, 0.15) is 27.0 Å². The predicted molar refractivity (Wildman–Crippen MR) is 127 cm³/mol. The molecule has 1 atom stereocenters. The number of nitrogens with zero attached hydrogens (tertiary/aromatic N) is 3. The molecule has 2 aliphatic heterocycles. The maximum Gasteiger partial charge on any atom is 0.268 e. The zero-order chi connectivity index (χ0) is 23.0. The van der Waals surface area contributed by atoms with Crippen LogP contribution in [0.3, 0.4) is 0 Å². The minimum Gasteiger partial charge on any atom is -0.497 e. The number of thioether (sulfide) groups is 1. The zero-order valence-electron chi connectivity index (χ0n) is 18.0. The van der Waals surface area contributed by atoms with Crippen molar-refractivity contribution in [3.63, 3.8) is 0 Å². The molecule has 1 saturated heterocycles. The second kappa shape index (κ2) is 8.30. The third kappa shape index (κ3) is 3.35. The summed E-state index contributed by atoms with van der Waals surface area (Å²) in [4.78, 5) is 29.9. The van der Waals surface area contributed by atoms with E-state index in [2.05, 4.69) is 6.07 Å². The van der Waals surface area contributed by atoms with Crippen molar-refractivity contribution in [2.45, 2.75) is 11.4 Å². The fourth-order valence-electron chi connectivity index (χ4n) is 4.54. The fourth-order valence-corrected chi connectivity index (χ4v) is 5.99. The first kappa shape index (κ1) is 21.1. The van der Waals surface area contributed by atoms with Crippen LogP contribution in [0, 0.1) is 11.3 Å². The van der Waals surface area contributed by atoms with E-state index >= 15 is 0 Å². The monoisotopic (exact) mass is 455 g/mol. The molecule has 0 bridgehead atoms. The number of carbonyl (C=O) groups excluding carboxylic acids is 2. The van der Waals surface area contributed by atoms with Crippen molar-refractivity contribution in [1.82, 2.24) is 4.90 Å². The number of fused-ring (bicyclic) bond motifs is 2. The van der Waals surface area contributed by atoms with Crippen LogP contribution in [0.15, 0.2) is 72.8 Å². The molecule has 0 aromatic heterocycles. The quantitative estimate of drug-likeness (QED) is 0.591. The van der Waals surface area contributed by atoms with Crippen molar-refractivity contribution in [2.75, 3.05) is 24.3 Å². The first-order chi connectivity index (χ1) is 16.1. The summed E-state index contributed by atoms with van der Waals surface area (Å²) in [5, 5.41) is 9.27. The molecule has 2 heterocycles. The average Bonchev–Trinajstić information content (AvgIpc) is 3.41. The largest absolute Gasteiger partial charge is 0.497 e. The summed E-state index contributed by atoms with van der Waals surface area (Å²) >= 11 is 1.48. The van der Waals surface area contributed by atoms with Gasteiger partial charge < -0.3 is 14.5 Å². The van der Waals surface area contributed by atoms with Crippen molar-refractivity contribution in [3.8, 4) is 11.8 Å². The van der Waals surface area contributed by atoms with Crippen molar-refractivity contribution in [1.29, 1.82) is 5.26 Å².